The molecule has 2 aromatic rings. The maximum atomic E-state index is 12.6. The molecule has 0 aliphatic rings. The van der Waals surface area contributed by atoms with Crippen LogP contribution in [0.15, 0.2) is 48.5 Å². The Hall–Kier alpha value is -2.13. The van der Waals surface area contributed by atoms with Gasteiger partial charge in [0.2, 0.25) is 5.91 Å². The van der Waals surface area contributed by atoms with Gasteiger partial charge in [0.25, 0.3) is 0 Å². The molecule has 0 saturated carbocycles. The average molecular weight is 316 g/mol. The Balaban J connectivity index is 2.28. The van der Waals surface area contributed by atoms with Gasteiger partial charge in [-0.05, 0) is 25.5 Å². The van der Waals surface area contributed by atoms with Gasteiger partial charge in [0, 0.05) is 23.4 Å². The van der Waals surface area contributed by atoms with Gasteiger partial charge in [-0.1, -0.05) is 42.0 Å². The maximum absolute atomic E-state index is 12.6. The molecular weight excluding hydrogens is 298 g/mol. The molecule has 0 fully saturated rings. The Kier molecular flexibility index (Phi) is 5.73. The molecule has 0 saturated heterocycles. The third-order valence-corrected chi connectivity index (χ3v) is 3.53. The van der Waals surface area contributed by atoms with Gasteiger partial charge in [-0.15, -0.1) is 11.6 Å². The average Bonchev–Trinajstić information content (AvgIpc) is 2.54. The highest BCUT2D eigenvalue weighted by Gasteiger charge is 2.15. The van der Waals surface area contributed by atoms with E-state index in [2.05, 4.69) is 5.32 Å². The molecule has 3 nitrogen and oxygen atoms in total. The summed E-state index contributed by atoms with van der Waals surface area (Å²) in [6.07, 6.45) is 0.956. The lowest BCUT2D eigenvalue weighted by Crippen LogP contribution is -2.15. The van der Waals surface area contributed by atoms with Crippen molar-refractivity contribution < 1.29 is 9.59 Å². The number of amides is 1. The monoisotopic (exact) mass is 315 g/mol. The minimum atomic E-state index is -0.133. The standard InChI is InChI=1S/C18H18ClNO2/c1-13-9-10-16(20-17(21)8-5-11-19)15(12-13)18(22)14-6-3-2-4-7-14/h2-4,6-7,9-10,12H,5,8,11H2,1H3,(H,20,21). The molecule has 0 bridgehead atoms. The van der Waals surface area contributed by atoms with Crippen molar-refractivity contribution in [3.63, 3.8) is 0 Å². The van der Waals surface area contributed by atoms with Gasteiger partial charge in [-0.25, -0.2) is 0 Å². The molecule has 0 heterocycles. The first kappa shape index (κ1) is 16.2. The Morgan fingerprint density at radius 3 is 2.50 bits per heavy atom. The number of aryl methyl sites for hydroxylation is 1. The molecule has 114 valence electrons. The van der Waals surface area contributed by atoms with Crippen LogP contribution in [0.25, 0.3) is 0 Å². The van der Waals surface area contributed by atoms with Gasteiger partial charge >= 0.3 is 0 Å². The van der Waals surface area contributed by atoms with Crippen molar-refractivity contribution >= 4 is 29.0 Å². The number of benzene rings is 2. The van der Waals surface area contributed by atoms with Crippen LogP contribution in [-0.2, 0) is 4.79 Å². The number of anilines is 1. The van der Waals surface area contributed by atoms with Crippen LogP contribution in [0.4, 0.5) is 5.69 Å². The third kappa shape index (κ3) is 4.18. The summed E-state index contributed by atoms with van der Waals surface area (Å²) in [5.74, 6) is 0.209. The van der Waals surface area contributed by atoms with E-state index in [1.165, 1.54) is 0 Å². The van der Waals surface area contributed by atoms with Crippen molar-refractivity contribution in [2.75, 3.05) is 11.2 Å². The number of ketones is 1. The van der Waals surface area contributed by atoms with Crippen molar-refractivity contribution in [3.8, 4) is 0 Å². The number of nitrogens with one attached hydrogen (secondary N) is 1. The smallest absolute Gasteiger partial charge is 0.224 e. The quantitative estimate of drug-likeness (QED) is 0.642. The van der Waals surface area contributed by atoms with Gasteiger partial charge in [0.1, 0.15) is 0 Å². The fourth-order valence-corrected chi connectivity index (χ4v) is 2.27. The van der Waals surface area contributed by atoms with E-state index in [0.29, 0.717) is 35.5 Å². The summed E-state index contributed by atoms with van der Waals surface area (Å²) in [6.45, 7) is 1.92. The van der Waals surface area contributed by atoms with Crippen LogP contribution in [0.1, 0.15) is 34.3 Å². The number of carbonyl (C=O) groups is 2. The SMILES string of the molecule is Cc1ccc(NC(=O)CCCCl)c(C(=O)c2ccccc2)c1. The van der Waals surface area contributed by atoms with Gasteiger partial charge in [-0.2, -0.15) is 0 Å². The fourth-order valence-electron chi connectivity index (χ4n) is 2.14. The minimum Gasteiger partial charge on any atom is -0.325 e. The van der Waals surface area contributed by atoms with Crippen molar-refractivity contribution in [1.82, 2.24) is 0 Å². The minimum absolute atomic E-state index is 0.100. The highest BCUT2D eigenvalue weighted by Crippen LogP contribution is 2.21. The van der Waals surface area contributed by atoms with Crippen molar-refractivity contribution in [2.24, 2.45) is 0 Å². The lowest BCUT2D eigenvalue weighted by Gasteiger charge is -2.11. The van der Waals surface area contributed by atoms with Crippen molar-refractivity contribution in [2.45, 2.75) is 19.8 Å². The largest absolute Gasteiger partial charge is 0.325 e. The van der Waals surface area contributed by atoms with E-state index >= 15 is 0 Å². The number of rotatable bonds is 6. The highest BCUT2D eigenvalue weighted by molar-refractivity contribution is 6.18. The second-order valence-corrected chi connectivity index (χ2v) is 5.46. The zero-order valence-electron chi connectivity index (χ0n) is 12.4. The van der Waals surface area contributed by atoms with Crippen molar-refractivity contribution in [1.29, 1.82) is 0 Å². The summed E-state index contributed by atoms with van der Waals surface area (Å²) in [7, 11) is 0. The van der Waals surface area contributed by atoms with Gasteiger partial charge in [0.15, 0.2) is 5.78 Å². The topological polar surface area (TPSA) is 46.2 Å². The van der Waals surface area contributed by atoms with E-state index in [1.807, 2.05) is 31.2 Å². The molecule has 0 spiro atoms. The summed E-state index contributed by atoms with van der Waals surface area (Å²) < 4.78 is 0. The Morgan fingerprint density at radius 2 is 1.82 bits per heavy atom. The predicted molar refractivity (Wildman–Crippen MR) is 89.6 cm³/mol. The van der Waals surface area contributed by atoms with Crippen LogP contribution in [0.5, 0.6) is 0 Å². The van der Waals surface area contributed by atoms with E-state index < -0.39 is 0 Å². The molecule has 2 rings (SSSR count). The van der Waals surface area contributed by atoms with Crippen LogP contribution >= 0.6 is 11.6 Å². The molecule has 0 radical (unpaired) electrons. The number of hydrogen-bond acceptors (Lipinski definition) is 2. The fraction of sp³-hybridized carbons (Fsp3) is 0.222. The zero-order valence-corrected chi connectivity index (χ0v) is 13.2. The molecule has 0 atom stereocenters. The Bertz CT molecular complexity index is 668. The van der Waals surface area contributed by atoms with Crippen molar-refractivity contribution in [3.05, 3.63) is 65.2 Å². The summed E-state index contributed by atoms with van der Waals surface area (Å²) in [6, 6.07) is 14.5. The summed E-state index contributed by atoms with van der Waals surface area (Å²) in [5.41, 5.74) is 2.62. The molecule has 2 aromatic carbocycles. The molecule has 0 unspecified atom stereocenters. The van der Waals surface area contributed by atoms with E-state index in [4.69, 9.17) is 11.6 Å². The second kappa shape index (κ2) is 7.76. The second-order valence-electron chi connectivity index (χ2n) is 5.08. The predicted octanol–water partition coefficient (Wildman–Crippen LogP) is 4.18. The van der Waals surface area contributed by atoms with Crippen LogP contribution in [0.3, 0.4) is 0 Å². The van der Waals surface area contributed by atoms with Gasteiger partial charge in [-0.3, -0.25) is 9.59 Å². The molecule has 0 aliphatic carbocycles. The third-order valence-electron chi connectivity index (χ3n) is 3.27. The van der Waals surface area contributed by atoms with Crippen LogP contribution in [0, 0.1) is 6.92 Å². The molecule has 22 heavy (non-hydrogen) atoms. The summed E-state index contributed by atoms with van der Waals surface area (Å²) in [4.78, 5) is 24.5. The zero-order chi connectivity index (χ0) is 15.9. The van der Waals surface area contributed by atoms with Crippen LogP contribution in [0.2, 0.25) is 0 Å². The Labute approximate surface area is 135 Å². The van der Waals surface area contributed by atoms with E-state index in [0.717, 1.165) is 5.56 Å². The molecule has 1 amide bonds. The summed E-state index contributed by atoms with van der Waals surface area (Å²) >= 11 is 5.60. The lowest BCUT2D eigenvalue weighted by molar-refractivity contribution is -0.116. The first-order chi connectivity index (χ1) is 10.6. The van der Waals surface area contributed by atoms with Crippen LogP contribution < -0.4 is 5.32 Å². The highest BCUT2D eigenvalue weighted by atomic mass is 35.5. The van der Waals surface area contributed by atoms with E-state index in [-0.39, 0.29) is 11.7 Å². The number of halogens is 1. The molecule has 0 aliphatic heterocycles. The normalized spacial score (nSPS) is 10.3. The first-order valence-corrected chi connectivity index (χ1v) is 7.71. The molecule has 4 heteroatoms. The van der Waals surface area contributed by atoms with E-state index in [1.54, 1.807) is 24.3 Å². The van der Waals surface area contributed by atoms with Crippen LogP contribution in [-0.4, -0.2) is 17.6 Å². The first-order valence-electron chi connectivity index (χ1n) is 7.18. The Morgan fingerprint density at radius 1 is 1.09 bits per heavy atom. The van der Waals surface area contributed by atoms with Gasteiger partial charge in [0.05, 0.1) is 5.69 Å². The number of carbonyl (C=O) groups excluding carboxylic acids is 2. The van der Waals surface area contributed by atoms with E-state index in [9.17, 15) is 9.59 Å². The maximum Gasteiger partial charge on any atom is 0.224 e. The number of hydrogen-bond donors (Lipinski definition) is 1. The number of alkyl halides is 1. The molecule has 1 N–H and O–H groups in total. The summed E-state index contributed by atoms with van der Waals surface area (Å²) in [5, 5.41) is 2.80. The van der Waals surface area contributed by atoms with Gasteiger partial charge < -0.3 is 5.32 Å². The lowest BCUT2D eigenvalue weighted by atomic mass is 9.99. The molecular formula is C18H18ClNO2. The molecule has 0 aromatic heterocycles.